The fourth-order valence-electron chi connectivity index (χ4n) is 3.68. The summed E-state index contributed by atoms with van der Waals surface area (Å²) in [5, 5.41) is 2.93. The first-order chi connectivity index (χ1) is 16.2. The monoisotopic (exact) mass is 494 g/mol. The highest BCUT2D eigenvalue weighted by Gasteiger charge is 2.23. The number of hydrogen-bond donors (Lipinski definition) is 2. The quantitative estimate of drug-likeness (QED) is 0.556. The molecular weight excluding hydrogens is 466 g/mol. The van der Waals surface area contributed by atoms with Gasteiger partial charge in [-0.2, -0.15) is 0 Å². The summed E-state index contributed by atoms with van der Waals surface area (Å²) in [6.07, 6.45) is 0.741. The number of carbonyl (C=O) groups excluding carboxylic acids is 2. The van der Waals surface area contributed by atoms with E-state index in [1.807, 2.05) is 36.1 Å². The number of nitrogens with one attached hydrogen (secondary N) is 2. The van der Waals surface area contributed by atoms with Crippen molar-refractivity contribution in [2.75, 3.05) is 44.6 Å². The number of nitrogens with zero attached hydrogens (tertiary/aromatic N) is 2. The summed E-state index contributed by atoms with van der Waals surface area (Å²) in [6, 6.07) is 9.92. The molecule has 0 radical (unpaired) electrons. The number of anilines is 1. The first-order valence-electron chi connectivity index (χ1n) is 11.0. The zero-order valence-electron chi connectivity index (χ0n) is 18.9. The first-order valence-corrected chi connectivity index (χ1v) is 12.5. The number of amides is 2. The number of benzene rings is 2. The topological polar surface area (TPSA) is 98.8 Å². The highest BCUT2D eigenvalue weighted by Crippen LogP contribution is 2.16. The molecule has 11 heteroatoms. The molecular formula is C23H28F2N4O4S. The summed E-state index contributed by atoms with van der Waals surface area (Å²) < 4.78 is 52.9. The molecule has 1 fully saturated rings. The molecule has 184 valence electrons. The number of rotatable bonds is 9. The van der Waals surface area contributed by atoms with E-state index in [2.05, 4.69) is 10.0 Å². The first kappa shape index (κ1) is 25.7. The van der Waals surface area contributed by atoms with Crippen molar-refractivity contribution in [2.45, 2.75) is 24.7 Å². The van der Waals surface area contributed by atoms with Crippen LogP contribution < -0.4 is 10.0 Å². The highest BCUT2D eigenvalue weighted by atomic mass is 32.2. The van der Waals surface area contributed by atoms with E-state index in [1.54, 1.807) is 4.90 Å². The van der Waals surface area contributed by atoms with Gasteiger partial charge in [0.2, 0.25) is 21.8 Å². The molecule has 0 unspecified atom stereocenters. The zero-order valence-corrected chi connectivity index (χ0v) is 19.7. The Kier molecular flexibility index (Phi) is 8.70. The highest BCUT2D eigenvalue weighted by molar-refractivity contribution is 7.89. The lowest BCUT2D eigenvalue weighted by Crippen LogP contribution is -2.50. The van der Waals surface area contributed by atoms with Gasteiger partial charge in [-0.25, -0.2) is 21.9 Å². The Labute approximate surface area is 198 Å². The van der Waals surface area contributed by atoms with Gasteiger partial charge in [-0.3, -0.25) is 14.5 Å². The van der Waals surface area contributed by atoms with Gasteiger partial charge in [0.1, 0.15) is 0 Å². The minimum Gasteiger partial charge on any atom is -0.340 e. The minimum absolute atomic E-state index is 0.0722. The number of halogens is 2. The van der Waals surface area contributed by atoms with E-state index in [9.17, 15) is 26.8 Å². The van der Waals surface area contributed by atoms with Crippen molar-refractivity contribution in [1.82, 2.24) is 14.5 Å². The molecule has 2 amide bonds. The van der Waals surface area contributed by atoms with E-state index < -0.39 is 26.6 Å². The smallest absolute Gasteiger partial charge is 0.240 e. The molecule has 0 spiro atoms. The fraction of sp³-hybridized carbons (Fsp3) is 0.391. The van der Waals surface area contributed by atoms with Crippen LogP contribution in [-0.4, -0.2) is 69.3 Å². The van der Waals surface area contributed by atoms with E-state index in [4.69, 9.17) is 0 Å². The van der Waals surface area contributed by atoms with Gasteiger partial charge in [-0.1, -0.05) is 25.1 Å². The molecule has 0 aliphatic carbocycles. The number of sulfonamides is 1. The number of para-hydroxylation sites is 1. The Morgan fingerprint density at radius 2 is 1.71 bits per heavy atom. The number of hydrogen-bond acceptors (Lipinski definition) is 5. The molecule has 1 saturated heterocycles. The molecule has 0 atom stereocenters. The van der Waals surface area contributed by atoms with Gasteiger partial charge in [0, 0.05) is 44.8 Å². The second-order valence-electron chi connectivity index (χ2n) is 7.94. The Morgan fingerprint density at radius 1 is 1.00 bits per heavy atom. The number of piperazine rings is 1. The van der Waals surface area contributed by atoms with Crippen molar-refractivity contribution in [3.05, 3.63) is 59.7 Å². The van der Waals surface area contributed by atoms with E-state index in [-0.39, 0.29) is 31.3 Å². The Bertz CT molecular complexity index is 1140. The summed E-state index contributed by atoms with van der Waals surface area (Å²) in [5.41, 5.74) is 1.86. The van der Waals surface area contributed by atoms with Gasteiger partial charge in [0.05, 0.1) is 11.4 Å². The lowest BCUT2D eigenvalue weighted by atomic mass is 10.1. The SMILES string of the molecule is CCc1ccccc1NC(=O)CN1CCN(C(=O)CCNS(=O)(=O)c2ccc(F)c(F)c2)CC1. The molecule has 0 aromatic heterocycles. The summed E-state index contributed by atoms with van der Waals surface area (Å²) >= 11 is 0. The molecule has 2 N–H and O–H groups in total. The molecule has 3 rings (SSSR count). The number of carbonyl (C=O) groups is 2. The van der Waals surface area contributed by atoms with Crippen LogP contribution in [0.2, 0.25) is 0 Å². The normalized spacial score (nSPS) is 14.7. The van der Waals surface area contributed by atoms with E-state index >= 15 is 0 Å². The van der Waals surface area contributed by atoms with E-state index in [0.29, 0.717) is 32.2 Å². The maximum Gasteiger partial charge on any atom is 0.240 e. The molecule has 0 saturated carbocycles. The number of aryl methyl sites for hydroxylation is 1. The van der Waals surface area contributed by atoms with Crippen molar-refractivity contribution >= 4 is 27.5 Å². The Hall–Kier alpha value is -2.89. The summed E-state index contributed by atoms with van der Waals surface area (Å²) in [4.78, 5) is 28.0. The predicted molar refractivity (Wildman–Crippen MR) is 124 cm³/mol. The van der Waals surface area contributed by atoms with Gasteiger partial charge in [-0.15, -0.1) is 0 Å². The lowest BCUT2D eigenvalue weighted by Gasteiger charge is -2.34. The van der Waals surface area contributed by atoms with Crippen LogP contribution in [0.4, 0.5) is 14.5 Å². The second-order valence-corrected chi connectivity index (χ2v) is 9.71. The summed E-state index contributed by atoms with van der Waals surface area (Å²) in [5.74, 6) is -2.75. The van der Waals surface area contributed by atoms with Gasteiger partial charge in [0.15, 0.2) is 11.6 Å². The molecule has 34 heavy (non-hydrogen) atoms. The molecule has 2 aromatic rings. The average Bonchev–Trinajstić information content (AvgIpc) is 2.81. The maximum absolute atomic E-state index is 13.3. The Morgan fingerprint density at radius 3 is 2.38 bits per heavy atom. The average molecular weight is 495 g/mol. The van der Waals surface area contributed by atoms with Crippen molar-refractivity contribution < 1.29 is 26.8 Å². The third-order valence-corrected chi connectivity index (χ3v) is 7.06. The molecule has 1 aliphatic rings. The van der Waals surface area contributed by atoms with Crippen molar-refractivity contribution in [3.8, 4) is 0 Å². The standard InChI is InChI=1S/C23H28F2N4O4S/c1-2-17-5-3-4-6-21(17)27-22(30)16-28-11-13-29(14-12-28)23(31)9-10-26-34(32,33)18-7-8-19(24)20(25)15-18/h3-8,15,26H,2,9-14,16H2,1H3,(H,27,30). The van der Waals surface area contributed by atoms with Crippen LogP contribution in [0.3, 0.4) is 0 Å². The van der Waals surface area contributed by atoms with Gasteiger partial charge >= 0.3 is 0 Å². The van der Waals surface area contributed by atoms with Crippen LogP contribution in [-0.2, 0) is 26.0 Å². The Balaban J connectivity index is 1.41. The van der Waals surface area contributed by atoms with Crippen LogP contribution in [0.25, 0.3) is 0 Å². The zero-order chi connectivity index (χ0) is 24.7. The fourth-order valence-corrected chi connectivity index (χ4v) is 4.72. The maximum atomic E-state index is 13.3. The molecule has 2 aromatic carbocycles. The molecule has 1 aliphatic heterocycles. The second kappa shape index (κ2) is 11.5. The molecule has 8 nitrogen and oxygen atoms in total. The van der Waals surface area contributed by atoms with Crippen LogP contribution in [0.1, 0.15) is 18.9 Å². The third-order valence-electron chi connectivity index (χ3n) is 5.60. The largest absolute Gasteiger partial charge is 0.340 e. The summed E-state index contributed by atoms with van der Waals surface area (Å²) in [7, 11) is -4.06. The summed E-state index contributed by atoms with van der Waals surface area (Å²) in [6.45, 7) is 3.97. The predicted octanol–water partition coefficient (Wildman–Crippen LogP) is 1.98. The van der Waals surface area contributed by atoms with E-state index in [0.717, 1.165) is 29.8 Å². The third kappa shape index (κ3) is 6.81. The van der Waals surface area contributed by atoms with Crippen LogP contribution >= 0.6 is 0 Å². The lowest BCUT2D eigenvalue weighted by molar-refractivity contribution is -0.132. The van der Waals surface area contributed by atoms with E-state index in [1.165, 1.54) is 0 Å². The van der Waals surface area contributed by atoms with Gasteiger partial charge in [-0.05, 0) is 36.2 Å². The van der Waals surface area contributed by atoms with Crippen LogP contribution in [0.15, 0.2) is 47.4 Å². The van der Waals surface area contributed by atoms with Crippen LogP contribution in [0, 0.1) is 11.6 Å². The van der Waals surface area contributed by atoms with Gasteiger partial charge < -0.3 is 10.2 Å². The van der Waals surface area contributed by atoms with Crippen molar-refractivity contribution in [2.24, 2.45) is 0 Å². The van der Waals surface area contributed by atoms with Crippen LogP contribution in [0.5, 0.6) is 0 Å². The minimum atomic E-state index is -4.06. The van der Waals surface area contributed by atoms with Gasteiger partial charge in [0.25, 0.3) is 0 Å². The van der Waals surface area contributed by atoms with Crippen molar-refractivity contribution in [1.29, 1.82) is 0 Å². The molecule has 0 bridgehead atoms. The molecule has 1 heterocycles. The van der Waals surface area contributed by atoms with Crippen molar-refractivity contribution in [3.63, 3.8) is 0 Å².